The minimum Gasteiger partial charge on any atom is -0.496 e. The summed E-state index contributed by atoms with van der Waals surface area (Å²) in [5.41, 5.74) is 4.16. The molecule has 33 heavy (non-hydrogen) atoms. The van der Waals surface area contributed by atoms with Gasteiger partial charge in [-0.3, -0.25) is 4.79 Å². The lowest BCUT2D eigenvalue weighted by atomic mass is 10.0. The molecule has 1 aliphatic rings. The molecule has 5 heteroatoms. The molecule has 1 amide bonds. The molecule has 2 N–H and O–H groups in total. The first-order valence-corrected chi connectivity index (χ1v) is 11.7. The fraction of sp³-hybridized carbons (Fsp3) is 0.321. The molecular weight excluding hydrogens is 410 g/mol. The van der Waals surface area contributed by atoms with Gasteiger partial charge in [-0.15, -0.1) is 0 Å². The molecule has 1 atom stereocenters. The maximum atomic E-state index is 12.7. The maximum absolute atomic E-state index is 12.7. The number of methoxy groups -OCH3 is 1. The molecule has 0 radical (unpaired) electrons. The molecule has 172 valence electrons. The molecule has 1 saturated heterocycles. The third-order valence-electron chi connectivity index (χ3n) is 6.41. The first kappa shape index (κ1) is 22.9. The Labute approximate surface area is 196 Å². The van der Waals surface area contributed by atoms with Crippen LogP contribution in [0.1, 0.15) is 47.3 Å². The van der Waals surface area contributed by atoms with E-state index in [9.17, 15) is 4.79 Å². The van der Waals surface area contributed by atoms with E-state index in [0.717, 1.165) is 43.8 Å². The van der Waals surface area contributed by atoms with Crippen molar-refractivity contribution < 1.29 is 9.53 Å². The van der Waals surface area contributed by atoms with Gasteiger partial charge in [0.05, 0.1) is 13.2 Å². The zero-order valence-corrected chi connectivity index (χ0v) is 19.5. The SMILES string of the molecule is COc1ccccc1CNC1CCN(c2ccc(C(=O)N[C@H](C)c3ccccc3)cc2)CC1. The summed E-state index contributed by atoms with van der Waals surface area (Å²) >= 11 is 0. The second-order valence-electron chi connectivity index (χ2n) is 8.61. The number of anilines is 1. The fourth-order valence-electron chi connectivity index (χ4n) is 4.37. The maximum Gasteiger partial charge on any atom is 0.251 e. The highest BCUT2D eigenvalue weighted by atomic mass is 16.5. The standard InChI is InChI=1S/C28H33N3O2/c1-21(22-8-4-3-5-9-22)30-28(32)23-12-14-26(15-13-23)31-18-16-25(17-19-31)29-20-24-10-6-7-11-27(24)33-2/h3-15,21,25,29H,16-20H2,1-2H3,(H,30,32)/t21-/m1/s1. The Balaban J connectivity index is 1.26. The van der Waals surface area contributed by atoms with Gasteiger partial charge in [-0.2, -0.15) is 0 Å². The van der Waals surface area contributed by atoms with Crippen LogP contribution in [0.15, 0.2) is 78.9 Å². The van der Waals surface area contributed by atoms with Crippen molar-refractivity contribution in [3.8, 4) is 5.75 Å². The molecule has 0 unspecified atom stereocenters. The molecular formula is C28H33N3O2. The van der Waals surface area contributed by atoms with E-state index in [1.54, 1.807) is 7.11 Å². The van der Waals surface area contributed by atoms with Gasteiger partial charge in [0.1, 0.15) is 5.75 Å². The number of benzene rings is 3. The summed E-state index contributed by atoms with van der Waals surface area (Å²) in [5.74, 6) is 0.891. The Bertz CT molecular complexity index is 1030. The summed E-state index contributed by atoms with van der Waals surface area (Å²) < 4.78 is 5.45. The van der Waals surface area contributed by atoms with Gasteiger partial charge in [0.25, 0.3) is 5.91 Å². The van der Waals surface area contributed by atoms with Crippen LogP contribution >= 0.6 is 0 Å². The number of nitrogens with zero attached hydrogens (tertiary/aromatic N) is 1. The molecule has 1 fully saturated rings. The number of hydrogen-bond donors (Lipinski definition) is 2. The van der Waals surface area contributed by atoms with E-state index in [0.29, 0.717) is 11.6 Å². The Morgan fingerprint density at radius 3 is 2.33 bits per heavy atom. The number of para-hydroxylation sites is 1. The van der Waals surface area contributed by atoms with Crippen LogP contribution in [0.25, 0.3) is 0 Å². The molecule has 0 aliphatic carbocycles. The van der Waals surface area contributed by atoms with Crippen molar-refractivity contribution in [3.63, 3.8) is 0 Å². The molecule has 4 rings (SSSR count). The van der Waals surface area contributed by atoms with E-state index in [4.69, 9.17) is 4.74 Å². The first-order valence-electron chi connectivity index (χ1n) is 11.7. The van der Waals surface area contributed by atoms with Crippen LogP contribution in [-0.2, 0) is 6.54 Å². The average Bonchev–Trinajstić information content (AvgIpc) is 2.88. The van der Waals surface area contributed by atoms with Crippen LogP contribution < -0.4 is 20.3 Å². The van der Waals surface area contributed by atoms with Crippen LogP contribution in [-0.4, -0.2) is 32.1 Å². The number of ether oxygens (including phenoxy) is 1. The van der Waals surface area contributed by atoms with E-state index < -0.39 is 0 Å². The number of rotatable bonds is 8. The Kier molecular flexibility index (Phi) is 7.63. The number of amides is 1. The predicted molar refractivity (Wildman–Crippen MR) is 134 cm³/mol. The van der Waals surface area contributed by atoms with Gasteiger partial charge in [-0.1, -0.05) is 48.5 Å². The normalized spacial score (nSPS) is 15.2. The number of piperidine rings is 1. The molecule has 0 aromatic heterocycles. The highest BCUT2D eigenvalue weighted by Crippen LogP contribution is 2.22. The van der Waals surface area contributed by atoms with Crippen molar-refractivity contribution in [1.29, 1.82) is 0 Å². The lowest BCUT2D eigenvalue weighted by Gasteiger charge is -2.34. The second kappa shape index (κ2) is 11.0. The van der Waals surface area contributed by atoms with Gasteiger partial charge in [-0.05, 0) is 55.7 Å². The quantitative estimate of drug-likeness (QED) is 0.518. The lowest BCUT2D eigenvalue weighted by molar-refractivity contribution is 0.0940. The van der Waals surface area contributed by atoms with Gasteiger partial charge >= 0.3 is 0 Å². The van der Waals surface area contributed by atoms with Crippen LogP contribution in [0.2, 0.25) is 0 Å². The van der Waals surface area contributed by atoms with Crippen LogP contribution in [0.3, 0.4) is 0 Å². The summed E-state index contributed by atoms with van der Waals surface area (Å²) in [6.07, 6.45) is 2.18. The van der Waals surface area contributed by atoms with Crippen molar-refractivity contribution in [2.75, 3.05) is 25.1 Å². The van der Waals surface area contributed by atoms with E-state index in [1.807, 2.05) is 67.6 Å². The van der Waals surface area contributed by atoms with Crippen molar-refractivity contribution in [1.82, 2.24) is 10.6 Å². The molecule has 5 nitrogen and oxygen atoms in total. The number of nitrogens with one attached hydrogen (secondary N) is 2. The summed E-state index contributed by atoms with van der Waals surface area (Å²) in [7, 11) is 1.72. The first-order chi connectivity index (χ1) is 16.1. The minimum atomic E-state index is -0.0443. The van der Waals surface area contributed by atoms with Gasteiger partial charge in [0.2, 0.25) is 0 Å². The van der Waals surface area contributed by atoms with Crippen LogP contribution in [0.5, 0.6) is 5.75 Å². The van der Waals surface area contributed by atoms with Crippen molar-refractivity contribution in [3.05, 3.63) is 95.6 Å². The second-order valence-corrected chi connectivity index (χ2v) is 8.61. The molecule has 3 aromatic rings. The van der Waals surface area contributed by atoms with Gasteiger partial charge in [0, 0.05) is 42.5 Å². The highest BCUT2D eigenvalue weighted by molar-refractivity contribution is 5.94. The third kappa shape index (κ3) is 5.93. The zero-order valence-electron chi connectivity index (χ0n) is 19.5. The average molecular weight is 444 g/mol. The van der Waals surface area contributed by atoms with E-state index >= 15 is 0 Å². The summed E-state index contributed by atoms with van der Waals surface area (Å²) in [6.45, 7) is 4.83. The number of carbonyl (C=O) groups is 1. The van der Waals surface area contributed by atoms with E-state index in [-0.39, 0.29) is 11.9 Å². The largest absolute Gasteiger partial charge is 0.496 e. The van der Waals surface area contributed by atoms with Crippen molar-refractivity contribution in [2.24, 2.45) is 0 Å². The number of carbonyl (C=O) groups excluding carboxylic acids is 1. The van der Waals surface area contributed by atoms with Gasteiger partial charge < -0.3 is 20.3 Å². The fourth-order valence-corrected chi connectivity index (χ4v) is 4.37. The number of hydrogen-bond acceptors (Lipinski definition) is 4. The topological polar surface area (TPSA) is 53.6 Å². The smallest absolute Gasteiger partial charge is 0.251 e. The molecule has 1 aliphatic heterocycles. The summed E-state index contributed by atoms with van der Waals surface area (Å²) in [5, 5.41) is 6.76. The molecule has 0 spiro atoms. The van der Waals surface area contributed by atoms with Gasteiger partial charge in [-0.25, -0.2) is 0 Å². The summed E-state index contributed by atoms with van der Waals surface area (Å²) in [6, 6.07) is 26.6. The Morgan fingerprint density at radius 2 is 1.64 bits per heavy atom. The van der Waals surface area contributed by atoms with E-state index in [2.05, 4.69) is 33.7 Å². The minimum absolute atomic E-state index is 0.0271. The van der Waals surface area contributed by atoms with Crippen LogP contribution in [0.4, 0.5) is 5.69 Å². The third-order valence-corrected chi connectivity index (χ3v) is 6.41. The van der Waals surface area contributed by atoms with Crippen LogP contribution in [0, 0.1) is 0 Å². The van der Waals surface area contributed by atoms with Crippen molar-refractivity contribution in [2.45, 2.75) is 38.4 Å². The lowest BCUT2D eigenvalue weighted by Crippen LogP contribution is -2.42. The zero-order chi connectivity index (χ0) is 23.0. The van der Waals surface area contributed by atoms with Gasteiger partial charge in [0.15, 0.2) is 0 Å². The molecule has 1 heterocycles. The monoisotopic (exact) mass is 443 g/mol. The van der Waals surface area contributed by atoms with Crippen molar-refractivity contribution >= 4 is 11.6 Å². The Hall–Kier alpha value is -3.31. The Morgan fingerprint density at radius 1 is 0.970 bits per heavy atom. The highest BCUT2D eigenvalue weighted by Gasteiger charge is 2.20. The van der Waals surface area contributed by atoms with E-state index in [1.165, 1.54) is 11.3 Å². The molecule has 3 aromatic carbocycles. The summed E-state index contributed by atoms with van der Waals surface area (Å²) in [4.78, 5) is 15.1. The predicted octanol–water partition coefficient (Wildman–Crippen LogP) is 4.94. The molecule has 0 bridgehead atoms. The molecule has 0 saturated carbocycles.